The van der Waals surface area contributed by atoms with E-state index in [1.54, 1.807) is 40.1 Å². The van der Waals surface area contributed by atoms with Crippen LogP contribution in [0.25, 0.3) is 0 Å². The van der Waals surface area contributed by atoms with E-state index in [0.717, 1.165) is 33.9 Å². The summed E-state index contributed by atoms with van der Waals surface area (Å²) in [5.41, 5.74) is 5.18. The Morgan fingerprint density at radius 3 is 1.73 bits per heavy atom. The number of hydrogen-bond acceptors (Lipinski definition) is 6. The van der Waals surface area contributed by atoms with Crippen molar-refractivity contribution in [3.63, 3.8) is 0 Å². The van der Waals surface area contributed by atoms with Gasteiger partial charge in [-0.3, -0.25) is 19.2 Å². The van der Waals surface area contributed by atoms with Gasteiger partial charge in [-0.1, -0.05) is 52.0 Å². The van der Waals surface area contributed by atoms with Crippen LogP contribution in [-0.4, -0.2) is 40.8 Å². The number of esters is 1. The van der Waals surface area contributed by atoms with Gasteiger partial charge in [0.15, 0.2) is 0 Å². The number of ether oxygens (including phenoxy) is 1. The minimum atomic E-state index is -0.461. The minimum absolute atomic E-state index is 0.0448. The van der Waals surface area contributed by atoms with Gasteiger partial charge in [0.2, 0.25) is 17.7 Å². The first kappa shape index (κ1) is 35.1. The topological polar surface area (TPSA) is 113 Å². The summed E-state index contributed by atoms with van der Waals surface area (Å²) in [6.07, 6.45) is 0.810. The highest BCUT2D eigenvalue weighted by Crippen LogP contribution is 2.42. The van der Waals surface area contributed by atoms with Gasteiger partial charge >= 0.3 is 5.97 Å². The second kappa shape index (κ2) is 13.4. The summed E-state index contributed by atoms with van der Waals surface area (Å²) in [5.74, 6) is -0.953. The highest BCUT2D eigenvalue weighted by Gasteiger charge is 2.40. The molecule has 2 aromatic heterocycles. The number of amides is 2. The van der Waals surface area contributed by atoms with Gasteiger partial charge < -0.3 is 19.5 Å². The number of nitrogens with zero attached hydrogens (tertiary/aromatic N) is 3. The van der Waals surface area contributed by atoms with E-state index in [2.05, 4.69) is 9.97 Å². The molecule has 0 saturated carbocycles. The number of pyridine rings is 2. The molecule has 9 nitrogen and oxygen atoms in total. The summed E-state index contributed by atoms with van der Waals surface area (Å²) in [4.78, 5) is 58.7. The van der Waals surface area contributed by atoms with Crippen molar-refractivity contribution >= 4 is 29.2 Å². The zero-order chi connectivity index (χ0) is 35.8. The molecule has 0 saturated heterocycles. The van der Waals surface area contributed by atoms with Gasteiger partial charge in [0.05, 0.1) is 17.1 Å². The van der Waals surface area contributed by atoms with E-state index in [1.165, 1.54) is 45.0 Å². The molecule has 2 amide bonds. The van der Waals surface area contributed by atoms with E-state index in [-0.39, 0.29) is 45.7 Å². The van der Waals surface area contributed by atoms with Crippen LogP contribution in [0.2, 0.25) is 0 Å². The molecule has 0 unspecified atom stereocenters. The smallest absolute Gasteiger partial charge is 0.309 e. The standard InChI is InChI=1S/C20H21FN2O3.C18H19FN2O2/c1-12(24)23-11-20(3,4)18-17(23)10-15(19(22-18)26-13(2)25)9-14-5-7-16(21)8-6-14;1-11(22)21-10-18(2,3)16-15(21)9-13(17(23)20-16)8-12-4-6-14(19)7-5-12/h5-8,10H,9,11H2,1-4H3;4-7,9H,8,10H2,1-3H3,(H,20,23). The molecule has 49 heavy (non-hydrogen) atoms. The molecule has 0 aliphatic carbocycles. The molecule has 2 aliphatic heterocycles. The molecule has 6 rings (SSSR count). The van der Waals surface area contributed by atoms with Gasteiger partial charge in [0.1, 0.15) is 11.6 Å². The SMILES string of the molecule is CC(=O)N1CC(C)(C)c2[nH]c(=O)c(Cc3ccc(F)cc3)cc21.CC(=O)Oc1nc2c(cc1Cc1ccc(F)cc1)N(C(C)=O)CC2(C)C. The van der Waals surface area contributed by atoms with Crippen LogP contribution in [0, 0.1) is 11.6 Å². The number of nitrogens with one attached hydrogen (secondary N) is 1. The zero-order valence-corrected chi connectivity index (χ0v) is 28.7. The van der Waals surface area contributed by atoms with E-state index in [1.807, 2.05) is 33.8 Å². The normalized spacial score (nSPS) is 15.2. The molecule has 0 atom stereocenters. The van der Waals surface area contributed by atoms with Crippen LogP contribution in [0.15, 0.2) is 65.5 Å². The fourth-order valence-electron chi connectivity index (χ4n) is 6.32. The molecule has 11 heteroatoms. The van der Waals surface area contributed by atoms with Crippen molar-refractivity contribution in [3.05, 3.63) is 116 Å². The molecular formula is C38H40F2N4O5. The first-order valence-corrected chi connectivity index (χ1v) is 16.0. The van der Waals surface area contributed by atoms with Crippen molar-refractivity contribution in [2.24, 2.45) is 0 Å². The Kier molecular flexibility index (Phi) is 9.59. The van der Waals surface area contributed by atoms with Gasteiger partial charge in [-0.15, -0.1) is 0 Å². The monoisotopic (exact) mass is 670 g/mol. The Bertz CT molecular complexity index is 1990. The van der Waals surface area contributed by atoms with Crippen molar-refractivity contribution in [1.29, 1.82) is 0 Å². The van der Waals surface area contributed by atoms with Gasteiger partial charge in [-0.25, -0.2) is 13.8 Å². The lowest BCUT2D eigenvalue weighted by atomic mass is 9.91. The van der Waals surface area contributed by atoms with E-state index >= 15 is 0 Å². The summed E-state index contributed by atoms with van der Waals surface area (Å²) in [5, 5.41) is 0. The predicted molar refractivity (Wildman–Crippen MR) is 183 cm³/mol. The molecule has 0 spiro atoms. The molecule has 2 aromatic carbocycles. The Hall–Kier alpha value is -5.19. The largest absolute Gasteiger partial charge is 0.407 e. The number of anilines is 2. The second-order valence-electron chi connectivity index (χ2n) is 13.9. The van der Waals surface area contributed by atoms with Crippen molar-refractivity contribution in [1.82, 2.24) is 9.97 Å². The van der Waals surface area contributed by atoms with E-state index in [4.69, 9.17) is 4.74 Å². The molecule has 0 fully saturated rings. The molecule has 256 valence electrons. The van der Waals surface area contributed by atoms with E-state index < -0.39 is 5.97 Å². The number of fused-ring (bicyclic) bond motifs is 2. The number of halogens is 2. The lowest BCUT2D eigenvalue weighted by molar-refractivity contribution is -0.132. The molecule has 0 bridgehead atoms. The second-order valence-corrected chi connectivity index (χ2v) is 13.9. The van der Waals surface area contributed by atoms with Crippen LogP contribution >= 0.6 is 0 Å². The minimum Gasteiger partial charge on any atom is -0.407 e. The molecule has 0 radical (unpaired) electrons. The number of carbonyl (C=O) groups excluding carboxylic acids is 3. The number of H-pyrrole nitrogens is 1. The molecule has 4 heterocycles. The van der Waals surface area contributed by atoms with Crippen LogP contribution in [0.5, 0.6) is 5.88 Å². The molecule has 2 aliphatic rings. The number of hydrogen-bond donors (Lipinski definition) is 1. The number of benzene rings is 2. The first-order chi connectivity index (χ1) is 22.9. The van der Waals surface area contributed by atoms with Gasteiger partial charge in [-0.2, -0.15) is 0 Å². The molecular weight excluding hydrogens is 630 g/mol. The van der Waals surface area contributed by atoms with Crippen LogP contribution in [0.1, 0.15) is 82.1 Å². The van der Waals surface area contributed by atoms with Crippen molar-refractivity contribution in [2.45, 2.75) is 72.1 Å². The average Bonchev–Trinajstić information content (AvgIpc) is 3.44. The number of aromatic nitrogens is 2. The lowest BCUT2D eigenvalue weighted by Gasteiger charge is -2.18. The lowest BCUT2D eigenvalue weighted by Crippen LogP contribution is -2.32. The van der Waals surface area contributed by atoms with Gasteiger partial charge in [0.25, 0.3) is 5.56 Å². The van der Waals surface area contributed by atoms with Gasteiger partial charge in [-0.05, 0) is 47.5 Å². The quantitative estimate of drug-likeness (QED) is 0.256. The molecule has 1 N–H and O–H groups in total. The number of aromatic amines is 1. The third-order valence-electron chi connectivity index (χ3n) is 8.76. The third-order valence-corrected chi connectivity index (χ3v) is 8.76. The third kappa shape index (κ3) is 7.61. The fourth-order valence-corrected chi connectivity index (χ4v) is 6.32. The first-order valence-electron chi connectivity index (χ1n) is 16.0. The van der Waals surface area contributed by atoms with Crippen molar-refractivity contribution < 1.29 is 27.9 Å². The van der Waals surface area contributed by atoms with Gasteiger partial charge in [0, 0.05) is 74.4 Å². The van der Waals surface area contributed by atoms with Crippen molar-refractivity contribution in [2.75, 3.05) is 22.9 Å². The predicted octanol–water partition coefficient (Wildman–Crippen LogP) is 6.13. The summed E-state index contributed by atoms with van der Waals surface area (Å²) in [6.45, 7) is 13.4. The summed E-state index contributed by atoms with van der Waals surface area (Å²) < 4.78 is 31.5. The fraction of sp³-hybridized carbons (Fsp3) is 0.342. The molecule has 4 aromatic rings. The number of rotatable bonds is 5. The highest BCUT2D eigenvalue weighted by atomic mass is 19.1. The maximum Gasteiger partial charge on any atom is 0.309 e. The Labute approximate surface area is 283 Å². The zero-order valence-electron chi connectivity index (χ0n) is 28.7. The maximum absolute atomic E-state index is 13.2. The maximum atomic E-state index is 13.2. The Morgan fingerprint density at radius 2 is 1.22 bits per heavy atom. The van der Waals surface area contributed by atoms with Crippen LogP contribution < -0.4 is 20.1 Å². The van der Waals surface area contributed by atoms with E-state index in [9.17, 15) is 28.0 Å². The summed E-state index contributed by atoms with van der Waals surface area (Å²) >= 11 is 0. The van der Waals surface area contributed by atoms with Crippen LogP contribution in [0.3, 0.4) is 0 Å². The van der Waals surface area contributed by atoms with E-state index in [0.29, 0.717) is 37.1 Å². The Balaban J connectivity index is 0.000000192. The Morgan fingerprint density at radius 1 is 0.755 bits per heavy atom. The highest BCUT2D eigenvalue weighted by molar-refractivity contribution is 5.95. The van der Waals surface area contributed by atoms with Crippen LogP contribution in [0.4, 0.5) is 20.2 Å². The summed E-state index contributed by atoms with van der Waals surface area (Å²) in [7, 11) is 0. The van der Waals surface area contributed by atoms with Crippen LogP contribution in [-0.2, 0) is 38.1 Å². The summed E-state index contributed by atoms with van der Waals surface area (Å²) in [6, 6.07) is 15.8. The van der Waals surface area contributed by atoms with Crippen molar-refractivity contribution in [3.8, 4) is 5.88 Å². The number of carbonyl (C=O) groups is 3. The average molecular weight is 671 g/mol.